The lowest BCUT2D eigenvalue weighted by Gasteiger charge is -2.33. The van der Waals surface area contributed by atoms with Crippen molar-refractivity contribution < 1.29 is 14.2 Å². The molecule has 0 unspecified atom stereocenters. The van der Waals surface area contributed by atoms with Crippen LogP contribution in [0.4, 0.5) is 4.39 Å². The van der Waals surface area contributed by atoms with E-state index in [1.54, 1.807) is 6.92 Å². The topological polar surface area (TPSA) is 55.5 Å². The van der Waals surface area contributed by atoms with Crippen molar-refractivity contribution in [3.8, 4) is 0 Å². The largest absolute Gasteiger partial charge is 0.390 e. The summed E-state index contributed by atoms with van der Waals surface area (Å²) in [4.78, 5) is 0. The number of nitrogens with two attached hydrogens (primary N) is 1. The highest BCUT2D eigenvalue weighted by Gasteiger charge is 2.33. The Morgan fingerprint density at radius 2 is 2.36 bits per heavy atom. The van der Waals surface area contributed by atoms with Gasteiger partial charge in [0.05, 0.1) is 18.3 Å². The van der Waals surface area contributed by atoms with E-state index in [2.05, 4.69) is 0 Å². The normalized spacial score (nSPS) is 45.8. The van der Waals surface area contributed by atoms with Crippen LogP contribution in [0, 0.1) is 0 Å². The lowest BCUT2D eigenvalue weighted by atomic mass is 10.0. The quantitative estimate of drug-likeness (QED) is 0.564. The van der Waals surface area contributed by atoms with E-state index in [1.165, 1.54) is 0 Å². The van der Waals surface area contributed by atoms with Crippen molar-refractivity contribution in [1.29, 1.82) is 0 Å². The lowest BCUT2D eigenvalue weighted by molar-refractivity contribution is -0.138. The van der Waals surface area contributed by atoms with Gasteiger partial charge >= 0.3 is 0 Å². The van der Waals surface area contributed by atoms with Crippen LogP contribution in [0.3, 0.4) is 0 Å². The molecule has 1 fully saturated rings. The van der Waals surface area contributed by atoms with Crippen LogP contribution in [-0.4, -0.2) is 36.1 Å². The zero-order valence-corrected chi connectivity index (χ0v) is 6.53. The van der Waals surface area contributed by atoms with Gasteiger partial charge in [-0.05, 0) is 6.92 Å². The Balaban J connectivity index is 2.48. The number of alkyl halides is 1. The maximum atomic E-state index is 12.8. The molecule has 0 aromatic carbocycles. The zero-order valence-electron chi connectivity index (χ0n) is 6.53. The summed E-state index contributed by atoms with van der Waals surface area (Å²) < 4.78 is 17.9. The first-order valence-corrected chi connectivity index (χ1v) is 3.82. The van der Waals surface area contributed by atoms with E-state index in [1.807, 2.05) is 0 Å². The highest BCUT2D eigenvalue weighted by atomic mass is 19.1. The molecule has 0 aliphatic carbocycles. The molecule has 1 rings (SSSR count). The summed E-state index contributed by atoms with van der Waals surface area (Å²) in [6, 6.07) is 0. The number of aliphatic hydroxyl groups is 1. The van der Waals surface area contributed by atoms with Gasteiger partial charge < -0.3 is 15.6 Å². The van der Waals surface area contributed by atoms with Crippen LogP contribution in [0.1, 0.15) is 13.3 Å². The molecule has 11 heavy (non-hydrogen) atoms. The number of ether oxygens (including phenoxy) is 1. The summed E-state index contributed by atoms with van der Waals surface area (Å²) in [7, 11) is 0. The zero-order chi connectivity index (χ0) is 8.43. The van der Waals surface area contributed by atoms with Gasteiger partial charge in [0, 0.05) is 13.0 Å². The molecule has 1 heterocycles. The Morgan fingerprint density at radius 1 is 1.73 bits per heavy atom. The van der Waals surface area contributed by atoms with E-state index in [9.17, 15) is 9.50 Å². The molecule has 1 saturated heterocycles. The number of hydrogen-bond acceptors (Lipinski definition) is 3. The summed E-state index contributed by atoms with van der Waals surface area (Å²) in [5.41, 5.74) is 5.29. The minimum absolute atomic E-state index is 0.142. The fourth-order valence-electron chi connectivity index (χ4n) is 1.24. The molecule has 0 spiro atoms. The smallest absolute Gasteiger partial charge is 0.128 e. The molecule has 0 aromatic heterocycles. The molecule has 3 N–H and O–H groups in total. The highest BCUT2D eigenvalue weighted by Crippen LogP contribution is 2.21. The van der Waals surface area contributed by atoms with Gasteiger partial charge in [-0.3, -0.25) is 0 Å². The molecule has 4 heteroatoms. The predicted molar refractivity (Wildman–Crippen MR) is 38.9 cm³/mol. The second-order valence-corrected chi connectivity index (χ2v) is 2.93. The molecule has 0 amide bonds. The van der Waals surface area contributed by atoms with E-state index < -0.39 is 24.5 Å². The van der Waals surface area contributed by atoms with Gasteiger partial charge in [0.1, 0.15) is 6.17 Å². The van der Waals surface area contributed by atoms with Gasteiger partial charge in [0.15, 0.2) is 0 Å². The Kier molecular flexibility index (Phi) is 2.81. The van der Waals surface area contributed by atoms with Crippen molar-refractivity contribution in [2.24, 2.45) is 5.73 Å². The van der Waals surface area contributed by atoms with Crippen LogP contribution < -0.4 is 5.73 Å². The summed E-state index contributed by atoms with van der Waals surface area (Å²) in [5, 5.41) is 9.21. The van der Waals surface area contributed by atoms with Gasteiger partial charge in [-0.1, -0.05) is 0 Å². The molecule has 3 nitrogen and oxygen atoms in total. The molecular weight excluding hydrogens is 149 g/mol. The number of aliphatic hydroxyl groups excluding tert-OH is 1. The predicted octanol–water partition coefficient (Wildman–Crippen LogP) is -0.179. The second kappa shape index (κ2) is 3.47. The van der Waals surface area contributed by atoms with Crippen LogP contribution in [0.25, 0.3) is 0 Å². The SMILES string of the molecule is C[C@H]1O[C@H](CN)[C@@H](O)C[C@H]1F. The van der Waals surface area contributed by atoms with E-state index in [4.69, 9.17) is 10.5 Å². The average molecular weight is 163 g/mol. The lowest BCUT2D eigenvalue weighted by Crippen LogP contribution is -2.47. The number of hydrogen-bond donors (Lipinski definition) is 2. The third kappa shape index (κ3) is 1.89. The standard InChI is InChI=1S/C7H14FNO2/c1-4-5(8)2-6(10)7(3-9)11-4/h4-7,10H,2-3,9H2,1H3/t4-,5-,6+,7-/m1/s1. The van der Waals surface area contributed by atoms with Crippen molar-refractivity contribution in [1.82, 2.24) is 0 Å². The van der Waals surface area contributed by atoms with Gasteiger partial charge in [-0.25, -0.2) is 4.39 Å². The molecule has 1 aliphatic rings. The molecule has 0 bridgehead atoms. The Hall–Kier alpha value is -0.190. The van der Waals surface area contributed by atoms with Crippen LogP contribution in [0.2, 0.25) is 0 Å². The van der Waals surface area contributed by atoms with Crippen molar-refractivity contribution in [3.05, 3.63) is 0 Å². The summed E-state index contributed by atoms with van der Waals surface area (Å²) in [6.45, 7) is 1.90. The van der Waals surface area contributed by atoms with Gasteiger partial charge in [-0.15, -0.1) is 0 Å². The van der Waals surface area contributed by atoms with E-state index >= 15 is 0 Å². The van der Waals surface area contributed by atoms with Gasteiger partial charge in [-0.2, -0.15) is 0 Å². The molecular formula is C7H14FNO2. The van der Waals surface area contributed by atoms with E-state index in [0.717, 1.165) is 0 Å². The fourth-order valence-corrected chi connectivity index (χ4v) is 1.24. The third-order valence-electron chi connectivity index (χ3n) is 2.03. The van der Waals surface area contributed by atoms with Crippen molar-refractivity contribution in [2.75, 3.05) is 6.54 Å². The summed E-state index contributed by atoms with van der Waals surface area (Å²) in [5.74, 6) is 0. The number of rotatable bonds is 1. The molecule has 0 saturated carbocycles. The average Bonchev–Trinajstić information content (AvgIpc) is 1.97. The van der Waals surface area contributed by atoms with E-state index in [-0.39, 0.29) is 13.0 Å². The second-order valence-electron chi connectivity index (χ2n) is 2.93. The third-order valence-corrected chi connectivity index (χ3v) is 2.03. The molecule has 0 aromatic rings. The molecule has 4 atom stereocenters. The first-order chi connectivity index (χ1) is 5.15. The Bertz CT molecular complexity index is 134. The van der Waals surface area contributed by atoms with Crippen LogP contribution in [0.15, 0.2) is 0 Å². The Morgan fingerprint density at radius 3 is 2.91 bits per heavy atom. The highest BCUT2D eigenvalue weighted by molar-refractivity contribution is 4.83. The van der Waals surface area contributed by atoms with Gasteiger partial charge in [0.2, 0.25) is 0 Å². The monoisotopic (exact) mass is 163 g/mol. The minimum atomic E-state index is -1.06. The molecule has 1 aliphatic heterocycles. The van der Waals surface area contributed by atoms with Crippen LogP contribution in [0.5, 0.6) is 0 Å². The van der Waals surface area contributed by atoms with E-state index in [0.29, 0.717) is 0 Å². The molecule has 66 valence electrons. The van der Waals surface area contributed by atoms with Crippen LogP contribution in [-0.2, 0) is 4.74 Å². The van der Waals surface area contributed by atoms with Gasteiger partial charge in [0.25, 0.3) is 0 Å². The maximum absolute atomic E-state index is 12.8. The maximum Gasteiger partial charge on any atom is 0.128 e. The summed E-state index contributed by atoms with van der Waals surface area (Å²) in [6.07, 6.45) is -2.49. The van der Waals surface area contributed by atoms with Crippen LogP contribution >= 0.6 is 0 Å². The molecule has 0 radical (unpaired) electrons. The first-order valence-electron chi connectivity index (χ1n) is 3.82. The minimum Gasteiger partial charge on any atom is -0.390 e. The van der Waals surface area contributed by atoms with Crippen molar-refractivity contribution >= 4 is 0 Å². The number of halogens is 1. The van der Waals surface area contributed by atoms with Crippen molar-refractivity contribution in [2.45, 2.75) is 37.8 Å². The first kappa shape index (κ1) is 8.90. The fraction of sp³-hybridized carbons (Fsp3) is 1.00. The van der Waals surface area contributed by atoms with Crippen molar-refractivity contribution in [3.63, 3.8) is 0 Å². The summed E-state index contributed by atoms with van der Waals surface area (Å²) >= 11 is 0. The Labute approximate surface area is 65.3 Å².